The summed E-state index contributed by atoms with van der Waals surface area (Å²) in [7, 11) is 1.97. The van der Waals surface area contributed by atoms with Crippen molar-refractivity contribution >= 4 is 10.9 Å². The Kier molecular flexibility index (Phi) is 3.92. The number of aromatic nitrogens is 1. The van der Waals surface area contributed by atoms with Crippen LogP contribution in [0.4, 0.5) is 0 Å². The summed E-state index contributed by atoms with van der Waals surface area (Å²) in [4.78, 5) is 3.41. The Morgan fingerprint density at radius 1 is 1.39 bits per heavy atom. The minimum absolute atomic E-state index is 0.259. The first-order chi connectivity index (χ1) is 8.65. The third kappa shape index (κ3) is 2.51. The quantitative estimate of drug-likeness (QED) is 0.848. The Morgan fingerprint density at radius 3 is 2.83 bits per heavy atom. The average molecular weight is 246 g/mol. The van der Waals surface area contributed by atoms with Crippen molar-refractivity contribution < 1.29 is 4.74 Å². The van der Waals surface area contributed by atoms with Gasteiger partial charge in [-0.25, -0.2) is 0 Å². The van der Waals surface area contributed by atoms with E-state index >= 15 is 0 Å². The van der Waals surface area contributed by atoms with Gasteiger partial charge < -0.3 is 15.0 Å². The number of hydrogen-bond donors (Lipinski definition) is 2. The van der Waals surface area contributed by atoms with Crippen LogP contribution in [0.2, 0.25) is 0 Å². The highest BCUT2D eigenvalue weighted by atomic mass is 16.5. The predicted molar refractivity (Wildman–Crippen MR) is 76.2 cm³/mol. The standard InChI is InChI=1S/C15H22N2O/c1-5-10(2)18-12-6-7-15-13(8-12)14(9-16-4)11(3)17-15/h6-8,10,16-17H,5,9H2,1-4H3/t10-/m0/s1. The molecule has 2 aromatic rings. The second-order valence-electron chi connectivity index (χ2n) is 4.80. The van der Waals surface area contributed by atoms with Crippen molar-refractivity contribution in [1.29, 1.82) is 0 Å². The fourth-order valence-corrected chi connectivity index (χ4v) is 2.16. The third-order valence-corrected chi connectivity index (χ3v) is 3.36. The molecule has 0 spiro atoms. The van der Waals surface area contributed by atoms with E-state index < -0.39 is 0 Å². The first-order valence-corrected chi connectivity index (χ1v) is 6.58. The molecule has 3 heteroatoms. The summed E-state index contributed by atoms with van der Waals surface area (Å²) < 4.78 is 5.88. The molecule has 0 saturated heterocycles. The number of rotatable bonds is 5. The first-order valence-electron chi connectivity index (χ1n) is 6.58. The molecule has 1 atom stereocenters. The van der Waals surface area contributed by atoms with Gasteiger partial charge in [0, 0.05) is 23.1 Å². The normalized spacial score (nSPS) is 12.9. The SMILES string of the molecule is CC[C@H](C)Oc1ccc2[nH]c(C)c(CNC)c2c1. The molecule has 2 N–H and O–H groups in total. The number of ether oxygens (including phenoxy) is 1. The van der Waals surface area contributed by atoms with Crippen LogP contribution >= 0.6 is 0 Å². The van der Waals surface area contributed by atoms with Gasteiger partial charge in [-0.1, -0.05) is 6.92 Å². The van der Waals surface area contributed by atoms with Gasteiger partial charge in [-0.3, -0.25) is 0 Å². The lowest BCUT2D eigenvalue weighted by Crippen LogP contribution is -2.09. The van der Waals surface area contributed by atoms with Gasteiger partial charge in [0.25, 0.3) is 0 Å². The lowest BCUT2D eigenvalue weighted by molar-refractivity contribution is 0.218. The zero-order valence-electron chi connectivity index (χ0n) is 11.6. The molecule has 1 aromatic carbocycles. The van der Waals surface area contributed by atoms with Crippen LogP contribution in [0.15, 0.2) is 18.2 Å². The largest absolute Gasteiger partial charge is 0.491 e. The Morgan fingerprint density at radius 2 is 2.17 bits per heavy atom. The highest BCUT2D eigenvalue weighted by Crippen LogP contribution is 2.27. The molecule has 98 valence electrons. The van der Waals surface area contributed by atoms with E-state index in [1.807, 2.05) is 13.1 Å². The van der Waals surface area contributed by atoms with E-state index in [9.17, 15) is 0 Å². The smallest absolute Gasteiger partial charge is 0.120 e. The van der Waals surface area contributed by atoms with Crippen LogP contribution in [0.5, 0.6) is 5.75 Å². The van der Waals surface area contributed by atoms with Crippen LogP contribution in [-0.2, 0) is 6.54 Å². The Balaban J connectivity index is 2.39. The number of benzene rings is 1. The molecule has 2 rings (SSSR count). The van der Waals surface area contributed by atoms with Gasteiger partial charge in [0.1, 0.15) is 5.75 Å². The summed E-state index contributed by atoms with van der Waals surface area (Å²) >= 11 is 0. The van der Waals surface area contributed by atoms with E-state index in [2.05, 4.69) is 43.2 Å². The van der Waals surface area contributed by atoms with Gasteiger partial charge in [-0.2, -0.15) is 0 Å². The van der Waals surface area contributed by atoms with Crippen LogP contribution < -0.4 is 10.1 Å². The average Bonchev–Trinajstić information content (AvgIpc) is 2.66. The van der Waals surface area contributed by atoms with Crippen molar-refractivity contribution in [3.05, 3.63) is 29.5 Å². The monoisotopic (exact) mass is 246 g/mol. The lowest BCUT2D eigenvalue weighted by atomic mass is 10.1. The van der Waals surface area contributed by atoms with Crippen LogP contribution in [0.25, 0.3) is 10.9 Å². The fraction of sp³-hybridized carbons (Fsp3) is 0.467. The molecule has 1 heterocycles. The number of nitrogens with one attached hydrogen (secondary N) is 2. The maximum absolute atomic E-state index is 5.88. The second-order valence-corrected chi connectivity index (χ2v) is 4.80. The number of fused-ring (bicyclic) bond motifs is 1. The Labute approximate surface area is 109 Å². The topological polar surface area (TPSA) is 37.0 Å². The fourth-order valence-electron chi connectivity index (χ4n) is 2.16. The molecule has 18 heavy (non-hydrogen) atoms. The van der Waals surface area contributed by atoms with Gasteiger partial charge in [0.15, 0.2) is 0 Å². The number of aryl methyl sites for hydroxylation is 1. The van der Waals surface area contributed by atoms with Crippen molar-refractivity contribution in [2.75, 3.05) is 7.05 Å². The van der Waals surface area contributed by atoms with Crippen molar-refractivity contribution in [3.63, 3.8) is 0 Å². The van der Waals surface area contributed by atoms with Gasteiger partial charge in [0.2, 0.25) is 0 Å². The van der Waals surface area contributed by atoms with E-state index in [1.165, 1.54) is 22.2 Å². The highest BCUT2D eigenvalue weighted by molar-refractivity contribution is 5.86. The van der Waals surface area contributed by atoms with Crippen LogP contribution in [0.1, 0.15) is 31.5 Å². The highest BCUT2D eigenvalue weighted by Gasteiger charge is 2.09. The summed E-state index contributed by atoms with van der Waals surface area (Å²) in [6.45, 7) is 7.22. The molecule has 0 radical (unpaired) electrons. The molecule has 0 aliphatic carbocycles. The molecule has 0 amide bonds. The molecule has 0 unspecified atom stereocenters. The molecule has 0 aliphatic rings. The molecule has 0 bridgehead atoms. The summed E-state index contributed by atoms with van der Waals surface area (Å²) in [5.74, 6) is 0.952. The maximum Gasteiger partial charge on any atom is 0.120 e. The zero-order valence-corrected chi connectivity index (χ0v) is 11.6. The lowest BCUT2D eigenvalue weighted by Gasteiger charge is -2.12. The van der Waals surface area contributed by atoms with E-state index in [4.69, 9.17) is 4.74 Å². The predicted octanol–water partition coefficient (Wildman–Crippen LogP) is 3.37. The minimum atomic E-state index is 0.259. The van der Waals surface area contributed by atoms with Crippen molar-refractivity contribution in [2.24, 2.45) is 0 Å². The van der Waals surface area contributed by atoms with Crippen LogP contribution in [0.3, 0.4) is 0 Å². The van der Waals surface area contributed by atoms with E-state index in [0.717, 1.165) is 18.7 Å². The third-order valence-electron chi connectivity index (χ3n) is 3.36. The van der Waals surface area contributed by atoms with E-state index in [-0.39, 0.29) is 6.10 Å². The zero-order chi connectivity index (χ0) is 13.1. The molecule has 1 aromatic heterocycles. The molecular weight excluding hydrogens is 224 g/mol. The summed E-state index contributed by atoms with van der Waals surface area (Å²) in [5, 5.41) is 4.47. The maximum atomic E-state index is 5.88. The van der Waals surface area contributed by atoms with E-state index in [1.54, 1.807) is 0 Å². The minimum Gasteiger partial charge on any atom is -0.491 e. The number of hydrogen-bond acceptors (Lipinski definition) is 2. The van der Waals surface area contributed by atoms with Crippen molar-refractivity contribution in [2.45, 2.75) is 39.8 Å². The van der Waals surface area contributed by atoms with Gasteiger partial charge >= 0.3 is 0 Å². The first kappa shape index (κ1) is 13.0. The van der Waals surface area contributed by atoms with Gasteiger partial charge in [-0.15, -0.1) is 0 Å². The number of aromatic amines is 1. The summed E-state index contributed by atoms with van der Waals surface area (Å²) in [6, 6.07) is 6.27. The van der Waals surface area contributed by atoms with Crippen LogP contribution in [0, 0.1) is 6.92 Å². The number of H-pyrrole nitrogens is 1. The summed E-state index contributed by atoms with van der Waals surface area (Å²) in [5.41, 5.74) is 3.72. The van der Waals surface area contributed by atoms with Crippen molar-refractivity contribution in [3.8, 4) is 5.75 Å². The molecular formula is C15H22N2O. The molecule has 0 fully saturated rings. The molecule has 0 saturated carbocycles. The van der Waals surface area contributed by atoms with Gasteiger partial charge in [-0.05, 0) is 51.1 Å². The van der Waals surface area contributed by atoms with Gasteiger partial charge in [0.05, 0.1) is 6.10 Å². The molecule has 3 nitrogen and oxygen atoms in total. The second kappa shape index (κ2) is 5.44. The molecule has 0 aliphatic heterocycles. The Hall–Kier alpha value is -1.48. The van der Waals surface area contributed by atoms with E-state index in [0.29, 0.717) is 0 Å². The summed E-state index contributed by atoms with van der Waals surface area (Å²) in [6.07, 6.45) is 1.28. The van der Waals surface area contributed by atoms with Crippen molar-refractivity contribution in [1.82, 2.24) is 10.3 Å². The Bertz CT molecular complexity index is 531. The van der Waals surface area contributed by atoms with Crippen LogP contribution in [-0.4, -0.2) is 18.1 Å².